The van der Waals surface area contributed by atoms with Gasteiger partial charge in [0.2, 0.25) is 0 Å². The van der Waals surface area contributed by atoms with Crippen molar-refractivity contribution in [1.29, 1.82) is 0 Å². The Morgan fingerprint density at radius 2 is 1.69 bits per heavy atom. The molecule has 1 aliphatic carbocycles. The molecular weight excluding hydrogens is 430 g/mol. The Morgan fingerprint density at radius 1 is 1.00 bits per heavy atom. The summed E-state index contributed by atoms with van der Waals surface area (Å²) in [7, 11) is 0. The lowest BCUT2D eigenvalue weighted by molar-refractivity contribution is 0.0690. The van der Waals surface area contributed by atoms with E-state index in [9.17, 15) is 9.59 Å². The topological polar surface area (TPSA) is 84.7 Å². The van der Waals surface area contributed by atoms with Gasteiger partial charge in [-0.2, -0.15) is 9.78 Å². The molecule has 0 spiro atoms. The first-order valence-corrected chi connectivity index (χ1v) is 11.0. The molecule has 32 heavy (non-hydrogen) atoms. The number of aromatic nitrogens is 2. The summed E-state index contributed by atoms with van der Waals surface area (Å²) >= 11 is 5.88. The van der Waals surface area contributed by atoms with Crippen LogP contribution in [0.3, 0.4) is 0 Å². The highest BCUT2D eigenvalue weighted by molar-refractivity contribution is 6.33. The van der Waals surface area contributed by atoms with Crippen LogP contribution in [0.4, 0.5) is 4.79 Å². The third-order valence-corrected chi connectivity index (χ3v) is 6.57. The van der Waals surface area contributed by atoms with Crippen LogP contribution in [0.2, 0.25) is 5.02 Å². The zero-order chi connectivity index (χ0) is 22.2. The smallest absolute Gasteiger partial charge is 0.357 e. The summed E-state index contributed by atoms with van der Waals surface area (Å²) in [5, 5.41) is 12.9. The standard InChI is InChI=1S/C24H22ClN3O4/c25-21-14-28(26-22(21)23(29)30)24(31)27-12-17-10-20(11-18(17)13-27)32-19-8-4-7-16(9-19)15-5-2-1-3-6-15/h1-9,14,17-18,20H,10-13H2,(H,29,30)/t17-,18+,20+. The second-order valence-electron chi connectivity index (χ2n) is 8.39. The van der Waals surface area contributed by atoms with E-state index in [4.69, 9.17) is 21.4 Å². The highest BCUT2D eigenvalue weighted by Crippen LogP contribution is 2.40. The molecule has 0 bridgehead atoms. The molecule has 2 aromatic carbocycles. The minimum atomic E-state index is -1.25. The largest absolute Gasteiger partial charge is 0.490 e. The molecular formula is C24H22ClN3O4. The number of amides is 1. The normalized spacial score (nSPS) is 22.0. The van der Waals surface area contributed by atoms with E-state index >= 15 is 0 Å². The monoisotopic (exact) mass is 451 g/mol. The number of hydrogen-bond donors (Lipinski definition) is 1. The predicted octanol–water partition coefficient (Wildman–Crippen LogP) is 4.66. The van der Waals surface area contributed by atoms with Crippen LogP contribution in [-0.4, -0.2) is 51.0 Å². The average Bonchev–Trinajstić information content (AvgIpc) is 3.47. The van der Waals surface area contributed by atoms with Crippen LogP contribution < -0.4 is 4.74 Å². The van der Waals surface area contributed by atoms with Gasteiger partial charge in [0, 0.05) is 13.1 Å². The maximum atomic E-state index is 12.8. The van der Waals surface area contributed by atoms with Crippen LogP contribution in [0.5, 0.6) is 5.75 Å². The molecule has 7 nitrogen and oxygen atoms in total. The molecule has 3 aromatic rings. The average molecular weight is 452 g/mol. The van der Waals surface area contributed by atoms with Gasteiger partial charge in [-0.1, -0.05) is 54.1 Å². The van der Waals surface area contributed by atoms with E-state index < -0.39 is 5.97 Å². The van der Waals surface area contributed by atoms with Crippen LogP contribution in [0, 0.1) is 11.8 Å². The number of likely N-dealkylation sites (tertiary alicyclic amines) is 1. The molecule has 2 aliphatic rings. The van der Waals surface area contributed by atoms with Gasteiger partial charge in [0.05, 0.1) is 17.3 Å². The van der Waals surface area contributed by atoms with Crippen molar-refractivity contribution in [2.45, 2.75) is 18.9 Å². The maximum absolute atomic E-state index is 12.8. The minimum Gasteiger partial charge on any atom is -0.490 e. The maximum Gasteiger partial charge on any atom is 0.357 e. The molecule has 5 rings (SSSR count). The third kappa shape index (κ3) is 3.96. The fraction of sp³-hybridized carbons (Fsp3) is 0.292. The zero-order valence-corrected chi connectivity index (χ0v) is 18.0. The van der Waals surface area contributed by atoms with Gasteiger partial charge in [0.1, 0.15) is 5.75 Å². The predicted molar refractivity (Wildman–Crippen MR) is 119 cm³/mol. The van der Waals surface area contributed by atoms with Crippen molar-refractivity contribution >= 4 is 23.6 Å². The SMILES string of the molecule is O=C(O)c1nn(C(=O)N2C[C@H]3C[C@H](Oc4cccc(-c5ccccc5)c4)C[C@H]3C2)cc1Cl. The van der Waals surface area contributed by atoms with Crippen LogP contribution >= 0.6 is 11.6 Å². The number of ether oxygens (including phenoxy) is 1. The molecule has 8 heteroatoms. The van der Waals surface area contributed by atoms with Crippen LogP contribution in [0.1, 0.15) is 23.3 Å². The lowest BCUT2D eigenvalue weighted by Gasteiger charge is -2.20. The molecule has 1 aromatic heterocycles. The number of aromatic carboxylic acids is 1. The molecule has 1 N–H and O–H groups in total. The van der Waals surface area contributed by atoms with Gasteiger partial charge < -0.3 is 14.7 Å². The van der Waals surface area contributed by atoms with Gasteiger partial charge in [0.25, 0.3) is 0 Å². The fourth-order valence-corrected chi connectivity index (χ4v) is 5.02. The molecule has 0 radical (unpaired) electrons. The quantitative estimate of drug-likeness (QED) is 0.623. The van der Waals surface area contributed by atoms with Crippen molar-refractivity contribution in [1.82, 2.24) is 14.7 Å². The van der Waals surface area contributed by atoms with Crippen molar-refractivity contribution in [2.75, 3.05) is 13.1 Å². The second-order valence-corrected chi connectivity index (χ2v) is 8.80. The Bertz CT molecular complexity index is 1150. The summed E-state index contributed by atoms with van der Waals surface area (Å²) in [5.74, 6) is 0.310. The summed E-state index contributed by atoms with van der Waals surface area (Å²) in [5.41, 5.74) is 1.96. The Morgan fingerprint density at radius 3 is 2.34 bits per heavy atom. The van der Waals surface area contributed by atoms with E-state index in [-0.39, 0.29) is 22.9 Å². The summed E-state index contributed by atoms with van der Waals surface area (Å²) in [6.45, 7) is 1.21. The molecule has 164 valence electrons. The summed E-state index contributed by atoms with van der Waals surface area (Å²) < 4.78 is 7.32. The molecule has 1 saturated heterocycles. The molecule has 2 fully saturated rings. The fourth-order valence-electron chi connectivity index (χ4n) is 4.81. The first-order valence-electron chi connectivity index (χ1n) is 10.6. The van der Waals surface area contributed by atoms with Gasteiger partial charge in [-0.05, 0) is 47.9 Å². The molecule has 1 saturated carbocycles. The van der Waals surface area contributed by atoms with Crippen molar-refractivity contribution in [3.8, 4) is 16.9 Å². The number of nitrogens with zero attached hydrogens (tertiary/aromatic N) is 3. The van der Waals surface area contributed by atoms with E-state index in [0.29, 0.717) is 24.9 Å². The van der Waals surface area contributed by atoms with Crippen molar-refractivity contribution in [2.24, 2.45) is 11.8 Å². The number of carbonyl (C=O) groups excluding carboxylic acids is 1. The molecule has 1 amide bonds. The number of hydrogen-bond acceptors (Lipinski definition) is 4. The lowest BCUT2D eigenvalue weighted by Crippen LogP contribution is -2.34. The first-order chi connectivity index (χ1) is 15.5. The number of rotatable bonds is 4. The van der Waals surface area contributed by atoms with Gasteiger partial charge in [-0.25, -0.2) is 9.59 Å². The van der Waals surface area contributed by atoms with Crippen molar-refractivity contribution in [3.63, 3.8) is 0 Å². The molecule has 1 aliphatic heterocycles. The minimum absolute atomic E-state index is 0.0450. The number of fused-ring (bicyclic) bond motifs is 1. The molecule has 3 atom stereocenters. The van der Waals surface area contributed by atoms with E-state index in [1.54, 1.807) is 4.90 Å². The zero-order valence-electron chi connectivity index (χ0n) is 17.2. The Kier molecular flexibility index (Phi) is 5.35. The van der Waals surface area contributed by atoms with Crippen molar-refractivity contribution in [3.05, 3.63) is 71.5 Å². The van der Waals surface area contributed by atoms with E-state index in [1.807, 2.05) is 30.3 Å². The van der Waals surface area contributed by atoms with Crippen LogP contribution in [0.15, 0.2) is 60.8 Å². The number of halogens is 1. The Hall–Kier alpha value is -3.32. The van der Waals surface area contributed by atoms with Crippen molar-refractivity contribution < 1.29 is 19.4 Å². The summed E-state index contributed by atoms with van der Waals surface area (Å²) in [6, 6.07) is 18.0. The Balaban J connectivity index is 1.21. The van der Waals surface area contributed by atoms with Gasteiger partial charge in [0.15, 0.2) is 5.69 Å². The van der Waals surface area contributed by atoms with Crippen LogP contribution in [-0.2, 0) is 0 Å². The number of carboxylic acid groups (broad SMARTS) is 1. The number of carbonyl (C=O) groups is 2. The number of carboxylic acids is 1. The van der Waals surface area contributed by atoms with E-state index in [1.165, 1.54) is 6.20 Å². The van der Waals surface area contributed by atoms with E-state index in [2.05, 4.69) is 29.4 Å². The molecule has 0 unspecified atom stereocenters. The van der Waals surface area contributed by atoms with E-state index in [0.717, 1.165) is 34.4 Å². The molecule has 2 heterocycles. The Labute approximate surface area is 190 Å². The van der Waals surface area contributed by atoms with Gasteiger partial charge in [-0.3, -0.25) is 0 Å². The number of benzene rings is 2. The summed E-state index contributed by atoms with van der Waals surface area (Å²) in [6.07, 6.45) is 3.13. The summed E-state index contributed by atoms with van der Waals surface area (Å²) in [4.78, 5) is 25.6. The highest BCUT2D eigenvalue weighted by atomic mass is 35.5. The second kappa shape index (κ2) is 8.31. The lowest BCUT2D eigenvalue weighted by atomic mass is 10.0. The highest BCUT2D eigenvalue weighted by Gasteiger charge is 2.43. The van der Waals surface area contributed by atoms with Gasteiger partial charge >= 0.3 is 12.0 Å². The van der Waals surface area contributed by atoms with Crippen LogP contribution in [0.25, 0.3) is 11.1 Å². The first kappa shape index (κ1) is 20.6. The van der Waals surface area contributed by atoms with Gasteiger partial charge in [-0.15, -0.1) is 0 Å². The third-order valence-electron chi connectivity index (χ3n) is 6.29.